The molecule has 0 saturated carbocycles. The van der Waals surface area contributed by atoms with Crippen molar-refractivity contribution >= 4 is 21.2 Å². The Labute approximate surface area is 68.2 Å². The summed E-state index contributed by atoms with van der Waals surface area (Å²) in [5, 5.41) is -1.01. The van der Waals surface area contributed by atoms with E-state index in [-0.39, 0.29) is 0 Å². The van der Waals surface area contributed by atoms with Crippen LogP contribution < -0.4 is 0 Å². The molecule has 0 saturated heterocycles. The lowest BCUT2D eigenvalue weighted by atomic mass is 10.6. The molecule has 68 valence electrons. The highest BCUT2D eigenvalue weighted by molar-refractivity contribution is 7.88. The van der Waals surface area contributed by atoms with Gasteiger partial charge in [0.15, 0.2) is 0 Å². The molecule has 0 bridgehead atoms. The van der Waals surface area contributed by atoms with Crippen molar-refractivity contribution in [1.29, 1.82) is 0 Å². The van der Waals surface area contributed by atoms with Crippen molar-refractivity contribution in [1.82, 2.24) is 0 Å². The fraction of sp³-hybridized carbons (Fsp3) is 1.00. The Morgan fingerprint density at radius 2 is 2.09 bits per heavy atom. The van der Waals surface area contributed by atoms with Gasteiger partial charge in [-0.3, -0.25) is 8.39 Å². The molecule has 11 heavy (non-hydrogen) atoms. The lowest BCUT2D eigenvalue weighted by Crippen LogP contribution is -2.24. The molecule has 0 aromatic carbocycles. The first-order valence-electron chi connectivity index (χ1n) is 2.75. The van der Waals surface area contributed by atoms with Crippen LogP contribution >= 0.6 is 0 Å². The maximum absolute atomic E-state index is 10.7. The maximum atomic E-state index is 10.7. The molecule has 0 spiro atoms. The third-order valence-electron chi connectivity index (χ3n) is 1.10. The molecule has 0 aliphatic rings. The second-order valence-corrected chi connectivity index (χ2v) is 5.00. The van der Waals surface area contributed by atoms with Crippen LogP contribution in [0.15, 0.2) is 0 Å². The standard InChI is InChI=1S/C4H10O5S2/c1-4(3-10(5)6)11(7,8)9-2/h4H,3H2,1-2H3,(H,5,6)/p-1. The molecule has 7 heteroatoms. The Morgan fingerprint density at radius 1 is 1.64 bits per heavy atom. The van der Waals surface area contributed by atoms with Crippen LogP contribution in [0.1, 0.15) is 6.92 Å². The molecular weight excluding hydrogens is 192 g/mol. The third-order valence-corrected chi connectivity index (χ3v) is 3.70. The van der Waals surface area contributed by atoms with E-state index in [9.17, 15) is 17.2 Å². The van der Waals surface area contributed by atoms with Crippen LogP contribution in [0, 0.1) is 0 Å². The smallest absolute Gasteiger partial charge is 0.270 e. The van der Waals surface area contributed by atoms with Crippen LogP contribution in [-0.4, -0.2) is 35.3 Å². The summed E-state index contributed by atoms with van der Waals surface area (Å²) in [4.78, 5) is 0. The molecule has 0 aromatic heterocycles. The Morgan fingerprint density at radius 3 is 2.36 bits per heavy atom. The van der Waals surface area contributed by atoms with Gasteiger partial charge in [0, 0.05) is 5.75 Å². The van der Waals surface area contributed by atoms with E-state index in [0.29, 0.717) is 0 Å². The lowest BCUT2D eigenvalue weighted by Gasteiger charge is -2.11. The first-order valence-corrected chi connectivity index (χ1v) is 5.47. The van der Waals surface area contributed by atoms with E-state index < -0.39 is 32.2 Å². The minimum atomic E-state index is -3.69. The zero-order valence-corrected chi connectivity index (χ0v) is 7.78. The Balaban J connectivity index is 4.26. The predicted octanol–water partition coefficient (Wildman–Crippen LogP) is -0.770. The monoisotopic (exact) mass is 201 g/mol. The molecule has 0 aromatic rings. The van der Waals surface area contributed by atoms with Crippen molar-refractivity contribution in [3.05, 3.63) is 0 Å². The largest absolute Gasteiger partial charge is 0.772 e. The molecule has 0 fully saturated rings. The Bertz CT molecular complexity index is 231. The molecule has 0 heterocycles. The van der Waals surface area contributed by atoms with E-state index in [1.807, 2.05) is 0 Å². The zero-order chi connectivity index (χ0) is 9.07. The Kier molecular flexibility index (Phi) is 4.16. The highest BCUT2D eigenvalue weighted by Crippen LogP contribution is 2.02. The summed E-state index contributed by atoms with van der Waals surface area (Å²) < 4.78 is 45.7. The second kappa shape index (κ2) is 4.15. The van der Waals surface area contributed by atoms with Gasteiger partial charge in [-0.1, -0.05) is 11.1 Å². The molecule has 0 aliphatic carbocycles. The topological polar surface area (TPSA) is 83.5 Å². The quantitative estimate of drug-likeness (QED) is 0.440. The van der Waals surface area contributed by atoms with E-state index in [2.05, 4.69) is 4.18 Å². The second-order valence-electron chi connectivity index (χ2n) is 1.94. The van der Waals surface area contributed by atoms with Gasteiger partial charge in [0.2, 0.25) is 0 Å². The van der Waals surface area contributed by atoms with Gasteiger partial charge in [-0.15, -0.1) is 0 Å². The first kappa shape index (κ1) is 11.0. The highest BCUT2D eigenvalue weighted by Gasteiger charge is 2.19. The summed E-state index contributed by atoms with van der Waals surface area (Å²) in [5.74, 6) is -0.434. The van der Waals surface area contributed by atoms with Gasteiger partial charge in [-0.2, -0.15) is 8.42 Å². The maximum Gasteiger partial charge on any atom is 0.270 e. The fourth-order valence-corrected chi connectivity index (χ4v) is 2.15. The van der Waals surface area contributed by atoms with Gasteiger partial charge in [0.1, 0.15) is 0 Å². The van der Waals surface area contributed by atoms with E-state index in [0.717, 1.165) is 7.11 Å². The van der Waals surface area contributed by atoms with Crippen LogP contribution in [0.4, 0.5) is 0 Å². The molecular formula is C4H9O5S2-. The summed E-state index contributed by atoms with van der Waals surface area (Å²) in [6.07, 6.45) is 0. The predicted molar refractivity (Wildman–Crippen MR) is 39.2 cm³/mol. The van der Waals surface area contributed by atoms with Crippen molar-refractivity contribution in [3.63, 3.8) is 0 Å². The van der Waals surface area contributed by atoms with E-state index in [1.54, 1.807) is 0 Å². The van der Waals surface area contributed by atoms with Gasteiger partial charge in [0.25, 0.3) is 10.1 Å². The lowest BCUT2D eigenvalue weighted by molar-refractivity contribution is 0.390. The average molecular weight is 201 g/mol. The fourth-order valence-electron chi connectivity index (χ4n) is 0.439. The van der Waals surface area contributed by atoms with Crippen LogP contribution in [0.25, 0.3) is 0 Å². The third kappa shape index (κ3) is 3.80. The van der Waals surface area contributed by atoms with Crippen molar-refractivity contribution in [2.75, 3.05) is 12.9 Å². The minimum absolute atomic E-state index is 0.434. The van der Waals surface area contributed by atoms with Crippen LogP contribution in [-0.2, 0) is 25.4 Å². The van der Waals surface area contributed by atoms with E-state index in [1.165, 1.54) is 6.92 Å². The molecule has 0 radical (unpaired) electrons. The molecule has 5 nitrogen and oxygen atoms in total. The molecule has 2 atom stereocenters. The van der Waals surface area contributed by atoms with Crippen molar-refractivity contribution in [2.24, 2.45) is 0 Å². The van der Waals surface area contributed by atoms with Gasteiger partial charge in [0.05, 0.1) is 12.4 Å². The number of hydrogen-bond acceptors (Lipinski definition) is 5. The van der Waals surface area contributed by atoms with Gasteiger partial charge in [-0.05, 0) is 6.92 Å². The van der Waals surface area contributed by atoms with Crippen molar-refractivity contribution in [3.8, 4) is 0 Å². The normalized spacial score (nSPS) is 17.7. The van der Waals surface area contributed by atoms with E-state index >= 15 is 0 Å². The van der Waals surface area contributed by atoms with Crippen LogP contribution in [0.3, 0.4) is 0 Å². The van der Waals surface area contributed by atoms with Gasteiger partial charge in [-0.25, -0.2) is 0 Å². The van der Waals surface area contributed by atoms with Crippen molar-refractivity contribution in [2.45, 2.75) is 12.2 Å². The SMILES string of the molecule is COS(=O)(=O)C(C)CS(=O)[O-]. The first-order chi connectivity index (χ1) is 4.90. The number of rotatable bonds is 4. The van der Waals surface area contributed by atoms with Crippen molar-refractivity contribution < 1.29 is 21.4 Å². The van der Waals surface area contributed by atoms with E-state index in [4.69, 9.17) is 0 Å². The summed E-state index contributed by atoms with van der Waals surface area (Å²) in [6.45, 7) is 1.27. The van der Waals surface area contributed by atoms with Crippen LogP contribution in [0.5, 0.6) is 0 Å². The van der Waals surface area contributed by atoms with Gasteiger partial charge >= 0.3 is 0 Å². The van der Waals surface area contributed by atoms with Crippen LogP contribution in [0.2, 0.25) is 0 Å². The molecule has 0 rings (SSSR count). The summed E-state index contributed by atoms with van der Waals surface area (Å²) in [6, 6.07) is 0. The summed E-state index contributed by atoms with van der Waals surface area (Å²) in [5.41, 5.74) is 0. The molecule has 2 unspecified atom stereocenters. The zero-order valence-electron chi connectivity index (χ0n) is 6.14. The molecule has 0 N–H and O–H groups in total. The Hall–Kier alpha value is 0.0200. The molecule has 0 aliphatic heterocycles. The number of hydrogen-bond donors (Lipinski definition) is 0. The molecule has 0 amide bonds. The average Bonchev–Trinajstić information content (AvgIpc) is 1.86. The van der Waals surface area contributed by atoms with Gasteiger partial charge < -0.3 is 4.55 Å². The minimum Gasteiger partial charge on any atom is -0.772 e. The summed E-state index contributed by atoms with van der Waals surface area (Å²) in [7, 11) is -2.69. The highest BCUT2D eigenvalue weighted by atomic mass is 32.2. The summed E-state index contributed by atoms with van der Waals surface area (Å²) >= 11 is -2.35.